The van der Waals surface area contributed by atoms with Gasteiger partial charge in [-0.05, 0) is 42.8 Å². The van der Waals surface area contributed by atoms with Gasteiger partial charge in [-0.3, -0.25) is 4.79 Å². The van der Waals surface area contributed by atoms with Gasteiger partial charge in [-0.25, -0.2) is 9.97 Å². The molecule has 2 heterocycles. The molecule has 0 saturated heterocycles. The van der Waals surface area contributed by atoms with Crippen LogP contribution < -0.4 is 0 Å². The zero-order valence-corrected chi connectivity index (χ0v) is 15.9. The normalized spacial score (nSPS) is 13.7. The van der Waals surface area contributed by atoms with Crippen molar-refractivity contribution < 1.29 is 9.90 Å². The number of carbonyl (C=O) groups excluding carboxylic acids is 1. The minimum Gasteiger partial charge on any atom is -0.508 e. The second-order valence-corrected chi connectivity index (χ2v) is 6.97. The van der Waals surface area contributed by atoms with Gasteiger partial charge in [0.25, 0.3) is 5.91 Å². The smallest absolute Gasteiger partial charge is 0.253 e. The average molecular weight is 373 g/mol. The topological polar surface area (TPSA) is 66.3 Å². The Balaban J connectivity index is 1.67. The maximum Gasteiger partial charge on any atom is 0.253 e. The molecule has 1 N–H and O–H groups in total. The minimum atomic E-state index is 0.0586. The van der Waals surface area contributed by atoms with E-state index in [0.29, 0.717) is 31.5 Å². The van der Waals surface area contributed by atoms with Crippen LogP contribution in [0.25, 0.3) is 11.3 Å². The highest BCUT2D eigenvalue weighted by atomic mass is 16.3. The highest BCUT2D eigenvalue weighted by Crippen LogP contribution is 2.28. The zero-order valence-electron chi connectivity index (χ0n) is 15.9. The van der Waals surface area contributed by atoms with E-state index < -0.39 is 0 Å². The van der Waals surface area contributed by atoms with E-state index in [2.05, 4.69) is 0 Å². The van der Waals surface area contributed by atoms with Crippen LogP contribution in [-0.2, 0) is 19.3 Å². The van der Waals surface area contributed by atoms with E-state index in [1.807, 2.05) is 54.3 Å². The fourth-order valence-electron chi connectivity index (χ4n) is 3.63. The van der Waals surface area contributed by atoms with Crippen molar-refractivity contribution in [1.82, 2.24) is 14.9 Å². The molecule has 1 amide bonds. The van der Waals surface area contributed by atoms with Crippen molar-refractivity contribution >= 4 is 5.91 Å². The van der Waals surface area contributed by atoms with Crippen molar-refractivity contribution in [3.05, 3.63) is 77.2 Å². The van der Waals surface area contributed by atoms with Gasteiger partial charge in [-0.1, -0.05) is 25.1 Å². The third-order valence-electron chi connectivity index (χ3n) is 5.15. The molecule has 3 aromatic rings. The van der Waals surface area contributed by atoms with Crippen LogP contribution in [0.2, 0.25) is 0 Å². The van der Waals surface area contributed by atoms with Crippen molar-refractivity contribution in [2.24, 2.45) is 0 Å². The second kappa shape index (κ2) is 7.80. The Hall–Kier alpha value is -3.21. The summed E-state index contributed by atoms with van der Waals surface area (Å²) in [5.74, 6) is 1.10. The number of rotatable bonds is 3. The Morgan fingerprint density at radius 2 is 1.71 bits per heavy atom. The van der Waals surface area contributed by atoms with Crippen molar-refractivity contribution in [3.63, 3.8) is 0 Å². The number of aromatic hydroxyl groups is 1. The summed E-state index contributed by atoms with van der Waals surface area (Å²) in [6, 6.07) is 16.5. The van der Waals surface area contributed by atoms with Crippen molar-refractivity contribution in [3.8, 4) is 17.0 Å². The van der Waals surface area contributed by atoms with E-state index in [4.69, 9.17) is 9.97 Å². The van der Waals surface area contributed by atoms with Crippen molar-refractivity contribution in [1.29, 1.82) is 0 Å². The monoisotopic (exact) mass is 373 g/mol. The van der Waals surface area contributed by atoms with Crippen LogP contribution in [0.3, 0.4) is 0 Å². The number of carbonyl (C=O) groups is 1. The molecule has 0 radical (unpaired) electrons. The van der Waals surface area contributed by atoms with Gasteiger partial charge in [0, 0.05) is 48.3 Å². The van der Waals surface area contributed by atoms with Crippen molar-refractivity contribution in [2.45, 2.75) is 26.2 Å². The maximum absolute atomic E-state index is 12.9. The molecule has 0 bridgehead atoms. The Morgan fingerprint density at radius 1 is 1.00 bits per heavy atom. The largest absolute Gasteiger partial charge is 0.508 e. The number of nitrogens with zero attached hydrogens (tertiary/aromatic N) is 3. The first-order valence-corrected chi connectivity index (χ1v) is 9.68. The van der Waals surface area contributed by atoms with Gasteiger partial charge >= 0.3 is 0 Å². The van der Waals surface area contributed by atoms with Crippen LogP contribution in [0.1, 0.15) is 34.4 Å². The summed E-state index contributed by atoms with van der Waals surface area (Å²) in [6.07, 6.45) is 2.19. The fourth-order valence-corrected chi connectivity index (χ4v) is 3.63. The quantitative estimate of drug-likeness (QED) is 0.761. The first-order chi connectivity index (χ1) is 13.7. The molecule has 0 unspecified atom stereocenters. The number of amides is 1. The Bertz CT molecular complexity index is 985. The van der Waals surface area contributed by atoms with Crippen LogP contribution in [-0.4, -0.2) is 39.0 Å². The number of fused-ring (bicyclic) bond motifs is 1. The van der Waals surface area contributed by atoms with Gasteiger partial charge in [0.15, 0.2) is 0 Å². The number of aryl methyl sites for hydroxylation is 1. The third-order valence-corrected chi connectivity index (χ3v) is 5.15. The standard InChI is InChI=1S/C23H23N3O2/c1-2-21-24-20-13-15-26(23(28)17-6-4-3-5-7-17)14-12-19(20)22(25-21)16-8-10-18(27)11-9-16/h3-11,27H,2,12-15H2,1H3. The molecule has 28 heavy (non-hydrogen) atoms. The SMILES string of the molecule is CCc1nc2c(c(-c3ccc(O)cc3)n1)CCN(C(=O)c1ccccc1)CC2. The van der Waals surface area contributed by atoms with Crippen molar-refractivity contribution in [2.75, 3.05) is 13.1 Å². The Kier molecular flexibility index (Phi) is 5.06. The van der Waals surface area contributed by atoms with E-state index in [0.717, 1.165) is 34.8 Å². The Morgan fingerprint density at radius 3 is 2.43 bits per heavy atom. The lowest BCUT2D eigenvalue weighted by molar-refractivity contribution is 0.0763. The van der Waals surface area contributed by atoms with Gasteiger partial charge in [-0.15, -0.1) is 0 Å². The molecule has 0 fully saturated rings. The second-order valence-electron chi connectivity index (χ2n) is 6.97. The average Bonchev–Trinajstić information content (AvgIpc) is 2.96. The summed E-state index contributed by atoms with van der Waals surface area (Å²) in [5, 5.41) is 9.61. The third kappa shape index (κ3) is 3.60. The van der Waals surface area contributed by atoms with Gasteiger partial charge in [-0.2, -0.15) is 0 Å². The van der Waals surface area contributed by atoms with Gasteiger partial charge < -0.3 is 10.0 Å². The number of hydrogen-bond donors (Lipinski definition) is 1. The molecule has 142 valence electrons. The molecule has 4 rings (SSSR count). The summed E-state index contributed by atoms with van der Waals surface area (Å²) < 4.78 is 0. The number of benzene rings is 2. The fraction of sp³-hybridized carbons (Fsp3) is 0.261. The predicted octanol–water partition coefficient (Wildman–Crippen LogP) is 3.65. The first-order valence-electron chi connectivity index (χ1n) is 9.68. The highest BCUT2D eigenvalue weighted by molar-refractivity contribution is 5.94. The molecule has 1 aliphatic rings. The van der Waals surface area contributed by atoms with E-state index in [1.165, 1.54) is 0 Å². The molecule has 1 aromatic heterocycles. The molecule has 1 aliphatic heterocycles. The van der Waals surface area contributed by atoms with Gasteiger partial charge in [0.05, 0.1) is 5.69 Å². The first kappa shape index (κ1) is 18.2. The van der Waals surface area contributed by atoms with Crippen LogP contribution in [0.15, 0.2) is 54.6 Å². The summed E-state index contributed by atoms with van der Waals surface area (Å²) in [4.78, 5) is 24.3. The maximum atomic E-state index is 12.9. The van der Waals surface area contributed by atoms with Gasteiger partial charge in [0.2, 0.25) is 0 Å². The lowest BCUT2D eigenvalue weighted by atomic mass is 10.0. The molecule has 0 saturated carbocycles. The summed E-state index contributed by atoms with van der Waals surface area (Å²) >= 11 is 0. The van der Waals surface area contributed by atoms with Crippen LogP contribution in [0.5, 0.6) is 5.75 Å². The zero-order chi connectivity index (χ0) is 19.5. The lowest BCUT2D eigenvalue weighted by Gasteiger charge is -2.20. The van der Waals surface area contributed by atoms with E-state index in [-0.39, 0.29) is 11.7 Å². The number of aromatic nitrogens is 2. The van der Waals surface area contributed by atoms with E-state index >= 15 is 0 Å². The molecule has 2 aromatic carbocycles. The summed E-state index contributed by atoms with van der Waals surface area (Å²) in [5.41, 5.74) is 4.72. The van der Waals surface area contributed by atoms with Crippen LogP contribution >= 0.6 is 0 Å². The summed E-state index contributed by atoms with van der Waals surface area (Å²) in [6.45, 7) is 3.33. The number of phenolic OH excluding ortho intramolecular Hbond substituents is 1. The van der Waals surface area contributed by atoms with Gasteiger partial charge in [0.1, 0.15) is 11.6 Å². The molecule has 0 atom stereocenters. The predicted molar refractivity (Wildman–Crippen MR) is 108 cm³/mol. The van der Waals surface area contributed by atoms with Crippen LogP contribution in [0.4, 0.5) is 0 Å². The molecular weight excluding hydrogens is 350 g/mol. The minimum absolute atomic E-state index is 0.0586. The molecule has 0 spiro atoms. The van der Waals surface area contributed by atoms with Crippen LogP contribution in [0, 0.1) is 0 Å². The number of hydrogen-bond acceptors (Lipinski definition) is 4. The highest BCUT2D eigenvalue weighted by Gasteiger charge is 2.23. The molecular formula is C23H23N3O2. The Labute approximate surface area is 164 Å². The van der Waals surface area contributed by atoms with E-state index in [1.54, 1.807) is 12.1 Å². The number of phenols is 1. The molecule has 5 nitrogen and oxygen atoms in total. The van der Waals surface area contributed by atoms with E-state index in [9.17, 15) is 9.90 Å². The molecule has 0 aliphatic carbocycles. The molecule has 5 heteroatoms. The lowest BCUT2D eigenvalue weighted by Crippen LogP contribution is -2.33. The summed E-state index contributed by atoms with van der Waals surface area (Å²) in [7, 11) is 0.